The highest BCUT2D eigenvalue weighted by Gasteiger charge is 2.21. The molecule has 0 aliphatic rings. The Morgan fingerprint density at radius 2 is 1.35 bits per heavy atom. The first kappa shape index (κ1) is 22.8. The molecule has 0 aromatic heterocycles. The van der Waals surface area contributed by atoms with E-state index < -0.39 is 11.2 Å². The van der Waals surface area contributed by atoms with E-state index in [0.717, 1.165) is 30.4 Å². The summed E-state index contributed by atoms with van der Waals surface area (Å²) in [5.74, 6) is -0.0504. The maximum atomic E-state index is 11.8. The summed E-state index contributed by atoms with van der Waals surface area (Å²) in [6.45, 7) is 4.19. The van der Waals surface area contributed by atoms with Crippen molar-refractivity contribution in [1.29, 1.82) is 0 Å². The molecule has 23 heavy (non-hydrogen) atoms. The van der Waals surface area contributed by atoms with Crippen molar-refractivity contribution in [2.45, 2.75) is 96.1 Å². The van der Waals surface area contributed by atoms with Crippen molar-refractivity contribution in [2.75, 3.05) is 5.75 Å². The number of aliphatic carboxylic acids is 1. The Morgan fingerprint density at radius 3 is 1.83 bits per heavy atom. The summed E-state index contributed by atoms with van der Waals surface area (Å²) in [7, 11) is 0. The maximum Gasteiger partial charge on any atom is 0.317 e. The number of carbonyl (C=O) groups excluding carboxylic acids is 1. The van der Waals surface area contributed by atoms with Gasteiger partial charge in [0.25, 0.3) is 0 Å². The molecular formula is C18H34O3S2. The van der Waals surface area contributed by atoms with Crippen molar-refractivity contribution < 1.29 is 14.7 Å². The van der Waals surface area contributed by atoms with Crippen molar-refractivity contribution in [3.8, 4) is 0 Å². The molecule has 0 aromatic rings. The van der Waals surface area contributed by atoms with Crippen molar-refractivity contribution in [2.24, 2.45) is 0 Å². The van der Waals surface area contributed by atoms with Gasteiger partial charge in [-0.1, -0.05) is 102 Å². The van der Waals surface area contributed by atoms with Crippen LogP contribution in [0.25, 0.3) is 0 Å². The van der Waals surface area contributed by atoms with Crippen LogP contribution in [0.5, 0.6) is 0 Å². The van der Waals surface area contributed by atoms with Crippen LogP contribution in [0.1, 0.15) is 90.9 Å². The third-order valence-electron chi connectivity index (χ3n) is 3.78. The number of hydrogen-bond donors (Lipinski definition) is 1. The first-order valence-corrected chi connectivity index (χ1v) is 11.0. The van der Waals surface area contributed by atoms with Crippen LogP contribution in [0, 0.1) is 0 Å². The van der Waals surface area contributed by atoms with Crippen LogP contribution >= 0.6 is 23.5 Å². The zero-order valence-electron chi connectivity index (χ0n) is 14.8. The Hall–Kier alpha value is -0.160. The molecule has 0 saturated carbocycles. The van der Waals surface area contributed by atoms with E-state index in [-0.39, 0.29) is 4.45 Å². The first-order chi connectivity index (χ1) is 11.1. The van der Waals surface area contributed by atoms with Crippen molar-refractivity contribution in [3.05, 3.63) is 0 Å². The van der Waals surface area contributed by atoms with Gasteiger partial charge in [-0.15, -0.1) is 0 Å². The highest BCUT2D eigenvalue weighted by molar-refractivity contribution is 8.38. The van der Waals surface area contributed by atoms with Crippen molar-refractivity contribution >= 4 is 33.9 Å². The summed E-state index contributed by atoms with van der Waals surface area (Å²) in [5.41, 5.74) is 0. The molecule has 0 radical (unpaired) electrons. The van der Waals surface area contributed by atoms with E-state index in [4.69, 9.17) is 5.11 Å². The number of carboxylic acid groups (broad SMARTS) is 1. The molecule has 0 aliphatic carbocycles. The third kappa shape index (κ3) is 15.1. The van der Waals surface area contributed by atoms with Gasteiger partial charge in [-0.25, -0.2) is 0 Å². The fourth-order valence-electron chi connectivity index (χ4n) is 2.39. The molecule has 136 valence electrons. The van der Waals surface area contributed by atoms with Crippen molar-refractivity contribution in [1.82, 2.24) is 0 Å². The van der Waals surface area contributed by atoms with Crippen LogP contribution in [0.3, 0.4) is 0 Å². The molecular weight excluding hydrogens is 328 g/mol. The average molecular weight is 363 g/mol. The second-order valence-electron chi connectivity index (χ2n) is 6.01. The summed E-state index contributed by atoms with van der Waals surface area (Å²) < 4.78 is -0.0400. The molecule has 1 N–H and O–H groups in total. The van der Waals surface area contributed by atoms with Crippen LogP contribution in [-0.2, 0) is 4.79 Å². The standard InChI is InChI=1S/C18H34O3S2/c1-3-5-6-7-8-9-10-11-12-13-15-22-18(21)23-16(14-4-2)17(19)20/h16H,3-15H2,1-2H3,(H,19,20). The molecule has 0 spiro atoms. The predicted octanol–water partition coefficient (Wildman–Crippen LogP) is 6.75. The van der Waals surface area contributed by atoms with Gasteiger partial charge < -0.3 is 5.11 Å². The molecule has 0 aromatic carbocycles. The van der Waals surface area contributed by atoms with E-state index in [2.05, 4.69) is 6.92 Å². The Balaban J connectivity index is 3.43. The van der Waals surface area contributed by atoms with E-state index in [1.54, 1.807) is 0 Å². The van der Waals surface area contributed by atoms with E-state index >= 15 is 0 Å². The lowest BCUT2D eigenvalue weighted by Gasteiger charge is -2.09. The highest BCUT2D eigenvalue weighted by atomic mass is 32.2. The maximum absolute atomic E-state index is 11.8. The quantitative estimate of drug-likeness (QED) is 0.327. The molecule has 0 fully saturated rings. The topological polar surface area (TPSA) is 54.4 Å². The lowest BCUT2D eigenvalue weighted by Crippen LogP contribution is -2.17. The fraction of sp³-hybridized carbons (Fsp3) is 0.889. The van der Waals surface area contributed by atoms with Gasteiger partial charge >= 0.3 is 5.97 Å². The molecule has 0 saturated heterocycles. The largest absolute Gasteiger partial charge is 0.480 e. The van der Waals surface area contributed by atoms with Gasteiger partial charge in [-0.05, 0) is 12.8 Å². The van der Waals surface area contributed by atoms with E-state index in [9.17, 15) is 9.59 Å². The summed E-state index contributed by atoms with van der Waals surface area (Å²) in [6.07, 6.45) is 14.3. The monoisotopic (exact) mass is 362 g/mol. The van der Waals surface area contributed by atoms with Gasteiger partial charge in [0.15, 0.2) is 0 Å². The van der Waals surface area contributed by atoms with Crippen LogP contribution in [0.2, 0.25) is 0 Å². The molecule has 0 bridgehead atoms. The van der Waals surface area contributed by atoms with Crippen LogP contribution in [0.15, 0.2) is 0 Å². The Kier molecular flexibility index (Phi) is 16.6. The SMILES string of the molecule is CCCCCCCCCCCCSC(=O)SC(CCC)C(=O)O. The van der Waals surface area contributed by atoms with Crippen LogP contribution in [-0.4, -0.2) is 26.5 Å². The second kappa shape index (κ2) is 16.7. The van der Waals surface area contributed by atoms with Crippen LogP contribution < -0.4 is 0 Å². The summed E-state index contributed by atoms with van der Waals surface area (Å²) in [6, 6.07) is 0. The van der Waals surface area contributed by atoms with Gasteiger partial charge in [-0.2, -0.15) is 0 Å². The molecule has 0 aliphatic heterocycles. The molecule has 1 unspecified atom stereocenters. The van der Waals surface area contributed by atoms with Gasteiger partial charge in [0.05, 0.1) is 0 Å². The third-order valence-corrected chi connectivity index (χ3v) is 6.07. The fourth-order valence-corrected chi connectivity index (χ4v) is 4.46. The first-order valence-electron chi connectivity index (χ1n) is 9.18. The zero-order chi connectivity index (χ0) is 17.3. The zero-order valence-corrected chi connectivity index (χ0v) is 16.5. The smallest absolute Gasteiger partial charge is 0.317 e. The minimum atomic E-state index is -0.871. The lowest BCUT2D eigenvalue weighted by molar-refractivity contribution is -0.136. The van der Waals surface area contributed by atoms with E-state index in [1.807, 2.05) is 6.92 Å². The predicted molar refractivity (Wildman–Crippen MR) is 104 cm³/mol. The van der Waals surface area contributed by atoms with E-state index in [0.29, 0.717) is 6.42 Å². The highest BCUT2D eigenvalue weighted by Crippen LogP contribution is 2.25. The molecule has 0 amide bonds. The second-order valence-corrected chi connectivity index (χ2v) is 8.52. The lowest BCUT2D eigenvalue weighted by atomic mass is 10.1. The van der Waals surface area contributed by atoms with Crippen molar-refractivity contribution in [3.63, 3.8) is 0 Å². The Labute approximate surface area is 150 Å². The van der Waals surface area contributed by atoms with Crippen LogP contribution in [0.4, 0.5) is 4.79 Å². The van der Waals surface area contributed by atoms with Gasteiger partial charge in [0.2, 0.25) is 4.45 Å². The number of hydrogen-bond acceptors (Lipinski definition) is 4. The summed E-state index contributed by atoms with van der Waals surface area (Å²) >= 11 is 2.27. The van der Waals surface area contributed by atoms with Gasteiger partial charge in [0.1, 0.15) is 5.25 Å². The number of carbonyl (C=O) groups is 2. The number of thioether (sulfide) groups is 2. The molecule has 3 nitrogen and oxygen atoms in total. The van der Waals surface area contributed by atoms with E-state index in [1.165, 1.54) is 69.5 Å². The normalized spacial score (nSPS) is 12.3. The number of carboxylic acids is 1. The van der Waals surface area contributed by atoms with Gasteiger partial charge in [0, 0.05) is 5.75 Å². The summed E-state index contributed by atoms with van der Waals surface area (Å²) in [4.78, 5) is 22.8. The minimum absolute atomic E-state index is 0.0400. The Bertz CT molecular complexity index is 309. The molecule has 0 rings (SSSR count). The molecule has 0 heterocycles. The molecule has 1 atom stereocenters. The van der Waals surface area contributed by atoms with Gasteiger partial charge in [-0.3, -0.25) is 9.59 Å². The number of unbranched alkanes of at least 4 members (excludes halogenated alkanes) is 9. The summed E-state index contributed by atoms with van der Waals surface area (Å²) in [5, 5.41) is 8.45. The minimum Gasteiger partial charge on any atom is -0.480 e. The number of rotatable bonds is 15. The molecule has 5 heteroatoms. The Morgan fingerprint density at radius 1 is 0.826 bits per heavy atom. The average Bonchev–Trinajstić information content (AvgIpc) is 2.52.